The number of nitrogens with one attached hydrogen (secondary N) is 2. The van der Waals surface area contributed by atoms with Crippen molar-refractivity contribution < 1.29 is 19.1 Å². The van der Waals surface area contributed by atoms with Gasteiger partial charge >= 0.3 is 6.09 Å². The number of carbonyl (C=O) groups is 3. The summed E-state index contributed by atoms with van der Waals surface area (Å²) in [6, 6.07) is 13.8. The van der Waals surface area contributed by atoms with Crippen LogP contribution in [-0.4, -0.2) is 47.0 Å². The molecule has 7 heteroatoms. The van der Waals surface area contributed by atoms with Crippen molar-refractivity contribution in [2.75, 3.05) is 6.54 Å². The van der Waals surface area contributed by atoms with Crippen LogP contribution in [0.4, 0.5) is 4.79 Å². The Hall–Kier alpha value is -3.35. The van der Waals surface area contributed by atoms with E-state index in [9.17, 15) is 14.4 Å². The highest BCUT2D eigenvalue weighted by Crippen LogP contribution is 2.36. The average Bonchev–Trinajstić information content (AvgIpc) is 2.83. The van der Waals surface area contributed by atoms with E-state index in [0.717, 1.165) is 54.4 Å². The smallest absolute Gasteiger partial charge is 0.408 e. The first-order valence-electron chi connectivity index (χ1n) is 14.2. The van der Waals surface area contributed by atoms with Crippen LogP contribution < -0.4 is 10.6 Å². The van der Waals surface area contributed by atoms with E-state index in [1.54, 1.807) is 25.7 Å². The van der Waals surface area contributed by atoms with Gasteiger partial charge in [-0.15, -0.1) is 0 Å². The van der Waals surface area contributed by atoms with E-state index < -0.39 is 23.8 Å². The van der Waals surface area contributed by atoms with Gasteiger partial charge < -0.3 is 20.3 Å². The van der Waals surface area contributed by atoms with Crippen molar-refractivity contribution in [2.24, 2.45) is 0 Å². The predicted molar refractivity (Wildman–Crippen MR) is 154 cm³/mol. The van der Waals surface area contributed by atoms with Crippen LogP contribution in [0.2, 0.25) is 0 Å². The minimum absolute atomic E-state index is 0.0860. The Bertz CT molecular complexity index is 1100. The molecule has 2 aromatic carbocycles. The Balaban J connectivity index is 2.05. The Kier molecular flexibility index (Phi) is 10.6. The van der Waals surface area contributed by atoms with Crippen molar-refractivity contribution in [1.82, 2.24) is 15.5 Å². The second-order valence-electron chi connectivity index (χ2n) is 11.6. The van der Waals surface area contributed by atoms with Gasteiger partial charge in [0.25, 0.3) is 0 Å². The number of hydrogen-bond donors (Lipinski definition) is 2. The third kappa shape index (κ3) is 8.32. The van der Waals surface area contributed by atoms with Gasteiger partial charge in [-0.3, -0.25) is 9.59 Å². The van der Waals surface area contributed by atoms with Gasteiger partial charge in [0.15, 0.2) is 0 Å². The molecule has 1 aliphatic carbocycles. The molecule has 0 saturated heterocycles. The van der Waals surface area contributed by atoms with Crippen molar-refractivity contribution in [3.05, 3.63) is 70.8 Å². The Morgan fingerprint density at radius 3 is 2.18 bits per heavy atom. The van der Waals surface area contributed by atoms with Gasteiger partial charge in [0, 0.05) is 19.0 Å². The fourth-order valence-corrected chi connectivity index (χ4v) is 5.00. The average molecular weight is 536 g/mol. The molecule has 0 spiro atoms. The largest absolute Gasteiger partial charge is 0.444 e. The highest BCUT2D eigenvalue weighted by molar-refractivity contribution is 5.93. The number of amides is 3. The van der Waals surface area contributed by atoms with Crippen LogP contribution in [0.5, 0.6) is 0 Å². The molecule has 7 nitrogen and oxygen atoms in total. The first-order valence-corrected chi connectivity index (χ1v) is 14.2. The maximum atomic E-state index is 14.5. The van der Waals surface area contributed by atoms with Crippen LogP contribution in [0.25, 0.3) is 0 Å². The molecule has 0 heterocycles. The van der Waals surface area contributed by atoms with E-state index in [0.29, 0.717) is 13.0 Å². The summed E-state index contributed by atoms with van der Waals surface area (Å²) in [4.78, 5) is 43.1. The summed E-state index contributed by atoms with van der Waals surface area (Å²) in [6.45, 7) is 12.0. The summed E-state index contributed by atoms with van der Waals surface area (Å²) < 4.78 is 5.53. The predicted octanol–water partition coefficient (Wildman–Crippen LogP) is 5.78. The maximum Gasteiger partial charge on any atom is 0.408 e. The maximum absolute atomic E-state index is 14.5. The first-order chi connectivity index (χ1) is 18.5. The van der Waals surface area contributed by atoms with E-state index >= 15 is 0 Å². The van der Waals surface area contributed by atoms with Gasteiger partial charge in [0.05, 0.1) is 0 Å². The van der Waals surface area contributed by atoms with Crippen molar-refractivity contribution in [1.29, 1.82) is 0 Å². The molecule has 2 aromatic rings. The van der Waals surface area contributed by atoms with Gasteiger partial charge in [-0.05, 0) is 82.6 Å². The van der Waals surface area contributed by atoms with Crippen LogP contribution >= 0.6 is 0 Å². The second kappa shape index (κ2) is 13.6. The van der Waals surface area contributed by atoms with E-state index in [4.69, 9.17) is 4.74 Å². The standard InChI is InChI=1S/C32H45N3O4/c1-7-8-20-33-29(36)28(27-22(2)14-12-15-23(27)3)35(25-18-13-19-25)30(37)26(21-24-16-10-9-11-17-24)34-31(38)39-32(4,5)6/h9-12,14-17,25-26,28H,7-8,13,18-21H2,1-6H3,(H,33,36)(H,34,38). The summed E-state index contributed by atoms with van der Waals surface area (Å²) in [6.07, 6.45) is 4.09. The molecule has 1 saturated carbocycles. The summed E-state index contributed by atoms with van der Waals surface area (Å²) >= 11 is 0. The zero-order valence-electron chi connectivity index (χ0n) is 24.4. The van der Waals surface area contributed by atoms with Crippen molar-refractivity contribution in [2.45, 2.75) is 104 Å². The molecule has 2 unspecified atom stereocenters. The molecule has 2 atom stereocenters. The van der Waals surface area contributed by atoms with Crippen molar-refractivity contribution in [3.8, 4) is 0 Å². The minimum Gasteiger partial charge on any atom is -0.444 e. The van der Waals surface area contributed by atoms with Crippen LogP contribution in [-0.2, 0) is 20.7 Å². The van der Waals surface area contributed by atoms with Gasteiger partial charge in [-0.25, -0.2) is 4.79 Å². The molecule has 0 bridgehead atoms. The van der Waals surface area contributed by atoms with E-state index in [1.165, 1.54) is 0 Å². The molecular weight excluding hydrogens is 490 g/mol. The van der Waals surface area contributed by atoms with Crippen molar-refractivity contribution >= 4 is 17.9 Å². The quantitative estimate of drug-likeness (QED) is 0.357. The Morgan fingerprint density at radius 1 is 1.00 bits per heavy atom. The normalized spacial score (nSPS) is 15.0. The van der Waals surface area contributed by atoms with Gasteiger partial charge in [0.1, 0.15) is 17.7 Å². The molecule has 3 rings (SSSR count). The van der Waals surface area contributed by atoms with Crippen LogP contribution in [0.3, 0.4) is 0 Å². The zero-order chi connectivity index (χ0) is 28.6. The molecule has 3 amide bonds. The molecule has 0 radical (unpaired) electrons. The molecular formula is C32H45N3O4. The third-order valence-corrected chi connectivity index (χ3v) is 7.17. The Labute approximate surface area is 233 Å². The lowest BCUT2D eigenvalue weighted by molar-refractivity contribution is -0.147. The fourth-order valence-electron chi connectivity index (χ4n) is 5.00. The van der Waals surface area contributed by atoms with Crippen LogP contribution in [0.1, 0.15) is 88.1 Å². The second-order valence-corrected chi connectivity index (χ2v) is 11.6. The molecule has 1 fully saturated rings. The van der Waals surface area contributed by atoms with Crippen molar-refractivity contribution in [3.63, 3.8) is 0 Å². The van der Waals surface area contributed by atoms with Gasteiger partial charge in [0.2, 0.25) is 11.8 Å². The molecule has 2 N–H and O–H groups in total. The van der Waals surface area contributed by atoms with Crippen LogP contribution in [0, 0.1) is 13.8 Å². The minimum atomic E-state index is -0.891. The summed E-state index contributed by atoms with van der Waals surface area (Å²) in [5.74, 6) is -0.454. The van der Waals surface area contributed by atoms with Gasteiger partial charge in [-0.2, -0.15) is 0 Å². The third-order valence-electron chi connectivity index (χ3n) is 7.17. The molecule has 1 aliphatic rings. The SMILES string of the molecule is CCCCNC(=O)C(c1c(C)cccc1C)N(C(=O)C(Cc1ccccc1)NC(=O)OC(C)(C)C)C1CCC1. The molecule has 39 heavy (non-hydrogen) atoms. The lowest BCUT2D eigenvalue weighted by Gasteiger charge is -2.44. The summed E-state index contributed by atoms with van der Waals surface area (Å²) in [5.41, 5.74) is 2.97. The highest BCUT2D eigenvalue weighted by atomic mass is 16.6. The zero-order valence-corrected chi connectivity index (χ0v) is 24.4. The van der Waals surface area contributed by atoms with E-state index in [-0.39, 0.29) is 17.9 Å². The number of ether oxygens (including phenoxy) is 1. The molecule has 0 aliphatic heterocycles. The number of hydrogen-bond acceptors (Lipinski definition) is 4. The summed E-state index contributed by atoms with van der Waals surface area (Å²) in [7, 11) is 0. The monoisotopic (exact) mass is 535 g/mol. The fraction of sp³-hybridized carbons (Fsp3) is 0.531. The number of aryl methyl sites for hydroxylation is 2. The summed E-state index contributed by atoms with van der Waals surface area (Å²) in [5, 5.41) is 5.94. The topological polar surface area (TPSA) is 87.7 Å². The number of rotatable bonds is 11. The van der Waals surface area contributed by atoms with E-state index in [1.807, 2.05) is 62.4 Å². The lowest BCUT2D eigenvalue weighted by Crippen LogP contribution is -2.58. The van der Waals surface area contributed by atoms with E-state index in [2.05, 4.69) is 17.6 Å². The first kappa shape index (κ1) is 30.2. The highest BCUT2D eigenvalue weighted by Gasteiger charge is 2.42. The molecule has 212 valence electrons. The number of alkyl carbamates (subject to hydrolysis) is 1. The van der Waals surface area contributed by atoms with Gasteiger partial charge in [-0.1, -0.05) is 61.9 Å². The lowest BCUT2D eigenvalue weighted by atomic mass is 9.86. The number of carbonyl (C=O) groups excluding carboxylic acids is 3. The number of unbranched alkanes of at least 4 members (excludes halogenated alkanes) is 1. The Morgan fingerprint density at radius 2 is 1.64 bits per heavy atom. The van der Waals surface area contributed by atoms with Crippen LogP contribution in [0.15, 0.2) is 48.5 Å². The molecule has 0 aromatic heterocycles. The number of nitrogens with zero attached hydrogens (tertiary/aromatic N) is 1. The number of benzene rings is 2.